The topological polar surface area (TPSA) is 83.1 Å². The van der Waals surface area contributed by atoms with Crippen molar-refractivity contribution in [2.45, 2.75) is 6.92 Å². The van der Waals surface area contributed by atoms with Gasteiger partial charge in [-0.3, -0.25) is 10.1 Å². The second-order valence-corrected chi connectivity index (χ2v) is 3.64. The number of rotatable bonds is 4. The SMILES string of the molecule is CCOc1cc(-c2nncn2C)ccc1[N+](=O)[O-]. The second-order valence-electron chi connectivity index (χ2n) is 3.64. The lowest BCUT2D eigenvalue weighted by atomic mass is 10.2. The monoisotopic (exact) mass is 248 g/mol. The molecule has 0 N–H and O–H groups in total. The first-order valence-electron chi connectivity index (χ1n) is 5.39. The van der Waals surface area contributed by atoms with E-state index in [0.29, 0.717) is 12.4 Å². The summed E-state index contributed by atoms with van der Waals surface area (Å²) in [6.07, 6.45) is 1.57. The number of benzene rings is 1. The molecule has 0 spiro atoms. The predicted molar refractivity (Wildman–Crippen MR) is 64.3 cm³/mol. The minimum atomic E-state index is -0.467. The van der Waals surface area contributed by atoms with Crippen molar-refractivity contribution in [1.29, 1.82) is 0 Å². The van der Waals surface area contributed by atoms with Crippen molar-refractivity contribution >= 4 is 5.69 Å². The molecule has 0 saturated carbocycles. The van der Waals surface area contributed by atoms with E-state index in [0.717, 1.165) is 5.56 Å². The lowest BCUT2D eigenvalue weighted by Gasteiger charge is -2.06. The Morgan fingerprint density at radius 1 is 1.50 bits per heavy atom. The number of aromatic nitrogens is 3. The highest BCUT2D eigenvalue weighted by atomic mass is 16.6. The van der Waals surface area contributed by atoms with E-state index in [2.05, 4.69) is 10.2 Å². The number of hydrogen-bond donors (Lipinski definition) is 0. The maximum absolute atomic E-state index is 10.9. The number of nitro groups is 1. The fourth-order valence-corrected chi connectivity index (χ4v) is 1.62. The van der Waals surface area contributed by atoms with E-state index in [1.807, 2.05) is 0 Å². The number of hydrogen-bond acceptors (Lipinski definition) is 5. The Kier molecular flexibility index (Phi) is 3.22. The normalized spacial score (nSPS) is 10.3. The zero-order valence-electron chi connectivity index (χ0n) is 10.0. The van der Waals surface area contributed by atoms with Gasteiger partial charge in [-0.2, -0.15) is 0 Å². The van der Waals surface area contributed by atoms with Gasteiger partial charge in [0.15, 0.2) is 11.6 Å². The van der Waals surface area contributed by atoms with Gasteiger partial charge in [-0.15, -0.1) is 10.2 Å². The largest absolute Gasteiger partial charge is 0.487 e. The fourth-order valence-electron chi connectivity index (χ4n) is 1.62. The Balaban J connectivity index is 2.49. The quantitative estimate of drug-likeness (QED) is 0.608. The van der Waals surface area contributed by atoms with Gasteiger partial charge in [-0.05, 0) is 19.1 Å². The first-order valence-corrected chi connectivity index (χ1v) is 5.39. The lowest BCUT2D eigenvalue weighted by Crippen LogP contribution is -1.99. The van der Waals surface area contributed by atoms with Gasteiger partial charge in [0, 0.05) is 18.7 Å². The average molecular weight is 248 g/mol. The highest BCUT2D eigenvalue weighted by Gasteiger charge is 2.17. The van der Waals surface area contributed by atoms with Crippen LogP contribution in [0.4, 0.5) is 5.69 Å². The van der Waals surface area contributed by atoms with Crippen LogP contribution in [-0.4, -0.2) is 26.3 Å². The van der Waals surface area contributed by atoms with Gasteiger partial charge in [-0.25, -0.2) is 0 Å². The molecule has 0 fully saturated rings. The average Bonchev–Trinajstić information content (AvgIpc) is 2.75. The van der Waals surface area contributed by atoms with Crippen LogP contribution in [0.1, 0.15) is 6.92 Å². The Morgan fingerprint density at radius 2 is 2.28 bits per heavy atom. The molecule has 0 bridgehead atoms. The van der Waals surface area contributed by atoms with Crippen molar-refractivity contribution in [3.8, 4) is 17.1 Å². The molecule has 94 valence electrons. The van der Waals surface area contributed by atoms with Gasteiger partial charge in [0.2, 0.25) is 0 Å². The number of ether oxygens (including phenoxy) is 1. The third kappa shape index (κ3) is 2.15. The molecule has 1 aromatic heterocycles. The molecule has 0 radical (unpaired) electrons. The molecule has 1 heterocycles. The van der Waals surface area contributed by atoms with Gasteiger partial charge < -0.3 is 9.30 Å². The zero-order valence-corrected chi connectivity index (χ0v) is 10.0. The van der Waals surface area contributed by atoms with Gasteiger partial charge in [-0.1, -0.05) is 0 Å². The molecule has 0 atom stereocenters. The molecule has 7 heteroatoms. The zero-order chi connectivity index (χ0) is 13.1. The summed E-state index contributed by atoms with van der Waals surface area (Å²) in [6.45, 7) is 2.14. The molecule has 18 heavy (non-hydrogen) atoms. The smallest absolute Gasteiger partial charge is 0.310 e. The van der Waals surface area contributed by atoms with Crippen LogP contribution in [0.15, 0.2) is 24.5 Å². The van der Waals surface area contributed by atoms with Crippen molar-refractivity contribution in [3.05, 3.63) is 34.6 Å². The lowest BCUT2D eigenvalue weighted by molar-refractivity contribution is -0.385. The number of aryl methyl sites for hydroxylation is 1. The van der Waals surface area contributed by atoms with Crippen LogP contribution in [-0.2, 0) is 7.05 Å². The molecular formula is C11H12N4O3. The predicted octanol–water partition coefficient (Wildman–Crippen LogP) is 1.79. The molecular weight excluding hydrogens is 236 g/mol. The maximum atomic E-state index is 10.9. The van der Waals surface area contributed by atoms with E-state index >= 15 is 0 Å². The molecule has 2 rings (SSSR count). The number of nitrogens with zero attached hydrogens (tertiary/aromatic N) is 4. The third-order valence-corrected chi connectivity index (χ3v) is 2.43. The van der Waals surface area contributed by atoms with E-state index in [1.165, 1.54) is 6.07 Å². The van der Waals surface area contributed by atoms with Gasteiger partial charge in [0.05, 0.1) is 11.5 Å². The minimum Gasteiger partial charge on any atom is -0.487 e. The van der Waals surface area contributed by atoms with Crippen molar-refractivity contribution in [3.63, 3.8) is 0 Å². The van der Waals surface area contributed by atoms with Crippen molar-refractivity contribution < 1.29 is 9.66 Å². The summed E-state index contributed by atoms with van der Waals surface area (Å²) < 4.78 is 7.01. The second kappa shape index (κ2) is 4.82. The standard InChI is InChI=1S/C11H12N4O3/c1-3-18-10-6-8(4-5-9(10)15(16)17)11-13-12-7-14(11)2/h4-7H,3H2,1-2H3. The van der Waals surface area contributed by atoms with Crippen LogP contribution in [0.3, 0.4) is 0 Å². The van der Waals surface area contributed by atoms with Crippen molar-refractivity contribution in [2.24, 2.45) is 7.05 Å². The fraction of sp³-hybridized carbons (Fsp3) is 0.273. The summed E-state index contributed by atoms with van der Waals surface area (Å²) in [5.74, 6) is 0.869. The Hall–Kier alpha value is -2.44. The first-order chi connectivity index (χ1) is 8.63. The van der Waals surface area contributed by atoms with Crippen LogP contribution in [0, 0.1) is 10.1 Å². The highest BCUT2D eigenvalue weighted by Crippen LogP contribution is 2.31. The van der Waals surface area contributed by atoms with Crippen LogP contribution < -0.4 is 4.74 Å². The summed E-state index contributed by atoms with van der Waals surface area (Å²) >= 11 is 0. The minimum absolute atomic E-state index is 0.0530. The summed E-state index contributed by atoms with van der Waals surface area (Å²) in [5, 5.41) is 18.6. The van der Waals surface area contributed by atoms with Crippen molar-refractivity contribution in [1.82, 2.24) is 14.8 Å². The van der Waals surface area contributed by atoms with Crippen LogP contribution in [0.25, 0.3) is 11.4 Å². The van der Waals surface area contributed by atoms with Gasteiger partial charge >= 0.3 is 5.69 Å². The maximum Gasteiger partial charge on any atom is 0.310 e. The summed E-state index contributed by atoms with van der Waals surface area (Å²) in [4.78, 5) is 10.4. The molecule has 0 saturated heterocycles. The van der Waals surface area contributed by atoms with Crippen molar-refractivity contribution in [2.75, 3.05) is 6.61 Å². The Morgan fingerprint density at radius 3 is 2.83 bits per heavy atom. The first kappa shape index (κ1) is 12.0. The van der Waals surface area contributed by atoms with E-state index in [-0.39, 0.29) is 11.4 Å². The molecule has 0 unspecified atom stereocenters. The van der Waals surface area contributed by atoms with E-state index < -0.39 is 4.92 Å². The van der Waals surface area contributed by atoms with Gasteiger partial charge in [0.25, 0.3) is 0 Å². The molecule has 0 aliphatic rings. The Labute approximate surface area is 103 Å². The molecule has 1 aromatic carbocycles. The number of nitro benzene ring substituents is 1. The summed E-state index contributed by atoms with van der Waals surface area (Å²) in [7, 11) is 1.80. The van der Waals surface area contributed by atoms with E-state index in [4.69, 9.17) is 4.74 Å². The van der Waals surface area contributed by atoms with E-state index in [9.17, 15) is 10.1 Å². The van der Waals surface area contributed by atoms with Gasteiger partial charge in [0.1, 0.15) is 6.33 Å². The Bertz CT molecular complexity index is 579. The summed E-state index contributed by atoms with van der Waals surface area (Å²) in [5.41, 5.74) is 0.673. The summed E-state index contributed by atoms with van der Waals surface area (Å²) in [6, 6.07) is 4.64. The van der Waals surface area contributed by atoms with Crippen LogP contribution >= 0.6 is 0 Å². The highest BCUT2D eigenvalue weighted by molar-refractivity contribution is 5.63. The molecule has 0 aliphatic carbocycles. The van der Waals surface area contributed by atoms with Crippen LogP contribution in [0.5, 0.6) is 5.75 Å². The molecule has 0 aliphatic heterocycles. The van der Waals surface area contributed by atoms with Crippen LogP contribution in [0.2, 0.25) is 0 Å². The molecule has 7 nitrogen and oxygen atoms in total. The van der Waals surface area contributed by atoms with E-state index in [1.54, 1.807) is 37.0 Å². The molecule has 0 amide bonds. The third-order valence-electron chi connectivity index (χ3n) is 2.43. The molecule has 2 aromatic rings.